The summed E-state index contributed by atoms with van der Waals surface area (Å²) in [6.07, 6.45) is -1.89. The molecule has 182 valence electrons. The number of benzene rings is 2. The Morgan fingerprint density at radius 1 is 1.00 bits per heavy atom. The standard InChI is InChI=1S/C22H20N4O9/c23-10-19(21(28)34-12-14-1-5-16(6-2-14)25(30)31)20-9-18(27)11-24(20)22(29)35-13-15-3-7-17(8-4-15)26(32)33/h1-8,18-20,27H,9,11-13H2/t18-,19?,20+/m1/s1. The molecule has 2 aromatic rings. The number of non-ortho nitro benzene ring substituents is 2. The predicted octanol–water partition coefficient (Wildman–Crippen LogP) is 2.46. The van der Waals surface area contributed by atoms with Crippen molar-refractivity contribution in [2.75, 3.05) is 6.54 Å². The van der Waals surface area contributed by atoms with E-state index >= 15 is 0 Å². The largest absolute Gasteiger partial charge is 0.460 e. The van der Waals surface area contributed by atoms with Crippen LogP contribution < -0.4 is 0 Å². The molecule has 0 bridgehead atoms. The van der Waals surface area contributed by atoms with Gasteiger partial charge in [0, 0.05) is 24.3 Å². The van der Waals surface area contributed by atoms with Crippen LogP contribution in [0.15, 0.2) is 48.5 Å². The lowest BCUT2D eigenvalue weighted by Crippen LogP contribution is -2.43. The second-order valence-electron chi connectivity index (χ2n) is 7.73. The Kier molecular flexibility index (Phi) is 7.90. The van der Waals surface area contributed by atoms with E-state index in [-0.39, 0.29) is 37.6 Å². The van der Waals surface area contributed by atoms with E-state index in [1.807, 2.05) is 6.07 Å². The number of nitro groups is 2. The summed E-state index contributed by atoms with van der Waals surface area (Å²) in [5.41, 5.74) is 0.704. The molecule has 3 rings (SSSR count). The van der Waals surface area contributed by atoms with Gasteiger partial charge in [0.25, 0.3) is 11.4 Å². The van der Waals surface area contributed by atoms with Crippen LogP contribution in [0.25, 0.3) is 0 Å². The van der Waals surface area contributed by atoms with Crippen molar-refractivity contribution in [3.63, 3.8) is 0 Å². The zero-order valence-corrected chi connectivity index (χ0v) is 18.2. The quantitative estimate of drug-likeness (QED) is 0.331. The lowest BCUT2D eigenvalue weighted by Gasteiger charge is -2.26. The molecule has 1 aliphatic rings. The normalized spacial score (nSPS) is 17.8. The Hall–Kier alpha value is -4.57. The molecule has 1 amide bonds. The number of β-amino-alcohol motifs (C(OH)–C–C–N with tert-alkyl or cyclic N) is 1. The van der Waals surface area contributed by atoms with Crippen LogP contribution >= 0.6 is 0 Å². The zero-order valence-electron chi connectivity index (χ0n) is 18.2. The van der Waals surface area contributed by atoms with Crippen molar-refractivity contribution in [1.82, 2.24) is 4.90 Å². The van der Waals surface area contributed by atoms with E-state index < -0.39 is 40.0 Å². The molecular formula is C22H20N4O9. The summed E-state index contributed by atoms with van der Waals surface area (Å²) in [5, 5.41) is 41.1. The fourth-order valence-corrected chi connectivity index (χ4v) is 3.56. The second-order valence-corrected chi connectivity index (χ2v) is 7.73. The van der Waals surface area contributed by atoms with Crippen molar-refractivity contribution < 1.29 is 34.0 Å². The summed E-state index contributed by atoms with van der Waals surface area (Å²) < 4.78 is 10.4. The molecule has 1 N–H and O–H groups in total. The summed E-state index contributed by atoms with van der Waals surface area (Å²) in [6, 6.07) is 11.5. The first-order valence-corrected chi connectivity index (χ1v) is 10.3. The van der Waals surface area contributed by atoms with E-state index in [1.165, 1.54) is 48.5 Å². The molecule has 1 heterocycles. The summed E-state index contributed by atoms with van der Waals surface area (Å²) >= 11 is 0. The Balaban J connectivity index is 1.61. The van der Waals surface area contributed by atoms with Crippen LogP contribution in [-0.2, 0) is 27.5 Å². The Morgan fingerprint density at radius 3 is 1.94 bits per heavy atom. The van der Waals surface area contributed by atoms with Crippen molar-refractivity contribution in [2.24, 2.45) is 5.92 Å². The van der Waals surface area contributed by atoms with Gasteiger partial charge in [0.1, 0.15) is 13.2 Å². The van der Waals surface area contributed by atoms with Crippen LogP contribution in [0.4, 0.5) is 16.2 Å². The highest BCUT2D eigenvalue weighted by Gasteiger charge is 2.44. The van der Waals surface area contributed by atoms with Crippen molar-refractivity contribution in [1.29, 1.82) is 5.26 Å². The number of amides is 1. The van der Waals surface area contributed by atoms with Crippen LogP contribution in [0.3, 0.4) is 0 Å². The minimum absolute atomic E-state index is 0.0442. The average molecular weight is 484 g/mol. The number of esters is 1. The van der Waals surface area contributed by atoms with E-state index in [1.54, 1.807) is 0 Å². The molecule has 13 nitrogen and oxygen atoms in total. The molecule has 35 heavy (non-hydrogen) atoms. The Labute approximate surface area is 198 Å². The van der Waals surface area contributed by atoms with Gasteiger partial charge >= 0.3 is 12.1 Å². The molecule has 3 atom stereocenters. The molecule has 0 radical (unpaired) electrons. The number of ether oxygens (including phenoxy) is 2. The van der Waals surface area contributed by atoms with Crippen molar-refractivity contribution in [3.05, 3.63) is 79.9 Å². The van der Waals surface area contributed by atoms with E-state index in [0.29, 0.717) is 11.1 Å². The molecule has 0 aliphatic carbocycles. The monoisotopic (exact) mass is 484 g/mol. The minimum atomic E-state index is -1.41. The van der Waals surface area contributed by atoms with E-state index in [4.69, 9.17) is 9.47 Å². The van der Waals surface area contributed by atoms with Crippen molar-refractivity contribution in [3.8, 4) is 6.07 Å². The Bertz CT molecular complexity index is 1150. The van der Waals surface area contributed by atoms with Gasteiger partial charge in [0.05, 0.1) is 34.6 Å². The summed E-state index contributed by atoms with van der Waals surface area (Å²) in [4.78, 5) is 46.6. The SMILES string of the molecule is N#CC(C(=O)OCc1ccc([N+](=O)[O-])cc1)[C@@H]1C[C@@H](O)CN1C(=O)OCc1ccc([N+](=O)[O-])cc1. The molecule has 1 saturated heterocycles. The number of hydrogen-bond acceptors (Lipinski definition) is 10. The summed E-state index contributed by atoms with van der Waals surface area (Å²) in [6.45, 7) is -0.607. The topological polar surface area (TPSA) is 186 Å². The number of nitrogens with zero attached hydrogens (tertiary/aromatic N) is 4. The minimum Gasteiger partial charge on any atom is -0.460 e. The number of likely N-dealkylation sites (tertiary alicyclic amines) is 1. The lowest BCUT2D eigenvalue weighted by molar-refractivity contribution is -0.385. The highest BCUT2D eigenvalue weighted by atomic mass is 16.6. The number of carbonyl (C=O) groups excluding carboxylic acids is 2. The molecule has 13 heteroatoms. The number of nitriles is 1. The molecule has 2 aromatic carbocycles. The number of aliphatic hydroxyl groups excluding tert-OH is 1. The van der Waals surface area contributed by atoms with Gasteiger partial charge in [-0.15, -0.1) is 0 Å². The van der Waals surface area contributed by atoms with Crippen LogP contribution in [0, 0.1) is 37.5 Å². The van der Waals surface area contributed by atoms with Gasteiger partial charge in [-0.3, -0.25) is 25.0 Å². The van der Waals surface area contributed by atoms with Crippen molar-refractivity contribution >= 4 is 23.4 Å². The van der Waals surface area contributed by atoms with Crippen LogP contribution in [0.5, 0.6) is 0 Å². The third-order valence-electron chi connectivity index (χ3n) is 5.37. The smallest absolute Gasteiger partial charge is 0.410 e. The third-order valence-corrected chi connectivity index (χ3v) is 5.37. The zero-order chi connectivity index (χ0) is 25.5. The summed E-state index contributed by atoms with van der Waals surface area (Å²) in [7, 11) is 0. The molecule has 1 unspecified atom stereocenters. The van der Waals surface area contributed by atoms with E-state index in [0.717, 1.165) is 4.90 Å². The van der Waals surface area contributed by atoms with Gasteiger partial charge in [-0.2, -0.15) is 5.26 Å². The number of nitro benzene ring substituents is 2. The fraction of sp³-hybridized carbons (Fsp3) is 0.318. The van der Waals surface area contributed by atoms with Crippen LogP contribution in [0.2, 0.25) is 0 Å². The fourth-order valence-electron chi connectivity index (χ4n) is 3.56. The molecule has 1 fully saturated rings. The number of rotatable bonds is 8. The third kappa shape index (κ3) is 6.27. The van der Waals surface area contributed by atoms with Gasteiger partial charge in [-0.05, 0) is 41.8 Å². The number of aliphatic hydroxyl groups is 1. The van der Waals surface area contributed by atoms with E-state index in [9.17, 15) is 40.2 Å². The first kappa shape index (κ1) is 25.1. The molecule has 0 aromatic heterocycles. The molecule has 0 saturated carbocycles. The van der Waals surface area contributed by atoms with Gasteiger partial charge in [0.15, 0.2) is 5.92 Å². The highest BCUT2D eigenvalue weighted by molar-refractivity contribution is 5.78. The van der Waals surface area contributed by atoms with Crippen LogP contribution in [0.1, 0.15) is 17.5 Å². The lowest BCUT2D eigenvalue weighted by atomic mass is 9.98. The first-order valence-electron chi connectivity index (χ1n) is 10.3. The van der Waals surface area contributed by atoms with Gasteiger partial charge in [-0.1, -0.05) is 0 Å². The Morgan fingerprint density at radius 2 is 1.49 bits per heavy atom. The number of hydrogen-bond donors (Lipinski definition) is 1. The predicted molar refractivity (Wildman–Crippen MR) is 116 cm³/mol. The van der Waals surface area contributed by atoms with Gasteiger partial charge in [0.2, 0.25) is 0 Å². The van der Waals surface area contributed by atoms with Gasteiger partial charge in [-0.25, -0.2) is 4.79 Å². The molecule has 1 aliphatic heterocycles. The second kappa shape index (κ2) is 11.0. The highest BCUT2D eigenvalue weighted by Crippen LogP contribution is 2.27. The summed E-state index contributed by atoms with van der Waals surface area (Å²) in [5.74, 6) is -2.32. The van der Waals surface area contributed by atoms with E-state index in [2.05, 4.69) is 0 Å². The van der Waals surface area contributed by atoms with Gasteiger partial charge < -0.3 is 19.5 Å². The van der Waals surface area contributed by atoms with Crippen molar-refractivity contribution in [2.45, 2.75) is 31.8 Å². The maximum atomic E-state index is 12.6. The average Bonchev–Trinajstić information content (AvgIpc) is 3.23. The maximum absolute atomic E-state index is 12.6. The maximum Gasteiger partial charge on any atom is 0.410 e. The molecule has 0 spiro atoms. The van der Waals surface area contributed by atoms with Crippen LogP contribution in [-0.4, -0.2) is 50.6 Å². The number of carbonyl (C=O) groups is 2. The molecular weight excluding hydrogens is 464 g/mol. The first-order chi connectivity index (χ1) is 16.7.